The van der Waals surface area contributed by atoms with Crippen LogP contribution in [0.25, 0.3) is 22.0 Å². The van der Waals surface area contributed by atoms with Crippen LogP contribution in [0.2, 0.25) is 5.02 Å². The summed E-state index contributed by atoms with van der Waals surface area (Å²) in [5.74, 6) is -2.89. The molecule has 0 amide bonds. The average molecular weight is 465 g/mol. The van der Waals surface area contributed by atoms with Crippen molar-refractivity contribution in [3.05, 3.63) is 89.1 Å². The molecule has 0 aliphatic rings. The summed E-state index contributed by atoms with van der Waals surface area (Å²) in [5.41, 5.74) is 4.49. The number of nitrogens with zero attached hydrogens (tertiary/aromatic N) is 2. The van der Waals surface area contributed by atoms with E-state index in [4.69, 9.17) is 16.0 Å². The number of anilines is 3. The van der Waals surface area contributed by atoms with Crippen LogP contribution in [0.5, 0.6) is 0 Å². The normalized spacial score (nSPS) is 11.8. The zero-order valence-corrected chi connectivity index (χ0v) is 18.3. The van der Waals surface area contributed by atoms with Crippen molar-refractivity contribution in [2.75, 3.05) is 10.6 Å². The number of oxazole rings is 1. The van der Waals surface area contributed by atoms with E-state index in [-0.39, 0.29) is 5.56 Å². The quantitative estimate of drug-likeness (QED) is 0.272. The summed E-state index contributed by atoms with van der Waals surface area (Å²) in [5, 5.41) is 8.03. The molecule has 0 unspecified atom stereocenters. The molecule has 0 aliphatic heterocycles. The highest BCUT2D eigenvalue weighted by Gasteiger charge is 2.24. The Kier molecular flexibility index (Phi) is 5.34. The van der Waals surface area contributed by atoms with Crippen LogP contribution in [0, 0.1) is 0 Å². The summed E-state index contributed by atoms with van der Waals surface area (Å²) in [7, 11) is 0. The highest BCUT2D eigenvalue weighted by molar-refractivity contribution is 6.31. The van der Waals surface area contributed by atoms with Gasteiger partial charge in [0, 0.05) is 47.0 Å². The van der Waals surface area contributed by atoms with Gasteiger partial charge in [-0.05, 0) is 54.1 Å². The Bertz CT molecular complexity index is 1460. The van der Waals surface area contributed by atoms with Gasteiger partial charge in [0.05, 0.1) is 5.52 Å². The smallest absolute Gasteiger partial charge is 0.295 e. The molecule has 5 nitrogen and oxygen atoms in total. The molecule has 0 saturated carbocycles. The van der Waals surface area contributed by atoms with Gasteiger partial charge in [-0.2, -0.15) is 4.98 Å². The third-order valence-corrected chi connectivity index (χ3v) is 5.48. The molecule has 0 spiro atoms. The van der Waals surface area contributed by atoms with E-state index in [1.165, 1.54) is 12.1 Å². The Hall–Kier alpha value is -3.71. The Labute approximate surface area is 193 Å². The molecule has 3 aromatic carbocycles. The van der Waals surface area contributed by atoms with Crippen LogP contribution in [-0.2, 0) is 12.5 Å². The molecule has 166 valence electrons. The molecule has 0 atom stereocenters. The van der Waals surface area contributed by atoms with Crippen molar-refractivity contribution < 1.29 is 13.2 Å². The summed E-state index contributed by atoms with van der Waals surface area (Å²) < 4.78 is 32.9. The number of aromatic nitrogens is 2. The molecule has 2 N–H and O–H groups in total. The average Bonchev–Trinajstić information content (AvgIpc) is 3.19. The van der Waals surface area contributed by atoms with E-state index < -0.39 is 5.92 Å². The fourth-order valence-corrected chi connectivity index (χ4v) is 3.76. The van der Waals surface area contributed by atoms with Gasteiger partial charge >= 0.3 is 0 Å². The molecule has 8 heteroatoms. The van der Waals surface area contributed by atoms with Crippen molar-refractivity contribution in [2.24, 2.45) is 0 Å². The third-order valence-electron chi connectivity index (χ3n) is 5.25. The van der Waals surface area contributed by atoms with Crippen LogP contribution in [-0.4, -0.2) is 9.97 Å². The minimum absolute atomic E-state index is 0.0269. The molecule has 33 heavy (non-hydrogen) atoms. The zero-order chi connectivity index (χ0) is 23.0. The highest BCUT2D eigenvalue weighted by Crippen LogP contribution is 2.30. The van der Waals surface area contributed by atoms with Gasteiger partial charge in [0.15, 0.2) is 5.58 Å². The minimum atomic E-state index is -2.89. The lowest BCUT2D eigenvalue weighted by molar-refractivity contribution is 0.0174. The molecule has 5 rings (SSSR count). The van der Waals surface area contributed by atoms with E-state index in [1.807, 2.05) is 42.5 Å². The van der Waals surface area contributed by atoms with Crippen molar-refractivity contribution in [3.63, 3.8) is 0 Å². The number of nitrogens with one attached hydrogen (secondary N) is 2. The van der Waals surface area contributed by atoms with E-state index in [1.54, 1.807) is 18.3 Å². The second-order valence-corrected chi connectivity index (χ2v) is 8.23. The summed E-state index contributed by atoms with van der Waals surface area (Å²) in [6.45, 7) is 1.20. The maximum absolute atomic E-state index is 13.6. The van der Waals surface area contributed by atoms with Crippen LogP contribution in [0.3, 0.4) is 0 Å². The molecular weight excluding hydrogens is 446 g/mol. The van der Waals surface area contributed by atoms with E-state index in [0.29, 0.717) is 34.2 Å². The van der Waals surface area contributed by atoms with Crippen LogP contribution in [0.15, 0.2) is 77.3 Å². The zero-order valence-electron chi connectivity index (χ0n) is 17.6. The van der Waals surface area contributed by atoms with Gasteiger partial charge in [-0.15, -0.1) is 0 Å². The fourth-order valence-electron chi connectivity index (χ4n) is 3.60. The maximum atomic E-state index is 13.6. The first-order chi connectivity index (χ1) is 15.8. The van der Waals surface area contributed by atoms with Crippen LogP contribution >= 0.6 is 11.6 Å². The predicted octanol–water partition coefficient (Wildman–Crippen LogP) is 7.50. The number of benzene rings is 3. The summed E-state index contributed by atoms with van der Waals surface area (Å²) >= 11 is 6.07. The van der Waals surface area contributed by atoms with Crippen molar-refractivity contribution in [3.8, 4) is 0 Å². The van der Waals surface area contributed by atoms with E-state index in [2.05, 4.69) is 20.6 Å². The predicted molar refractivity (Wildman–Crippen MR) is 127 cm³/mol. The first kappa shape index (κ1) is 21.2. The number of hydrogen-bond acceptors (Lipinski definition) is 5. The van der Waals surface area contributed by atoms with Gasteiger partial charge in [0.25, 0.3) is 11.9 Å². The Morgan fingerprint density at radius 3 is 2.73 bits per heavy atom. The monoisotopic (exact) mass is 464 g/mol. The number of pyridine rings is 1. The van der Waals surface area contributed by atoms with Gasteiger partial charge in [0.1, 0.15) is 5.52 Å². The molecular formula is C25H19ClF2N4O. The lowest BCUT2D eigenvalue weighted by atomic mass is 10.1. The van der Waals surface area contributed by atoms with Gasteiger partial charge in [-0.1, -0.05) is 29.8 Å². The number of halogens is 3. The van der Waals surface area contributed by atoms with Crippen molar-refractivity contribution in [1.82, 2.24) is 9.97 Å². The van der Waals surface area contributed by atoms with E-state index in [0.717, 1.165) is 29.2 Å². The second-order valence-electron chi connectivity index (χ2n) is 7.79. The fraction of sp³-hybridized carbons (Fsp3) is 0.120. The lowest BCUT2D eigenvalue weighted by Gasteiger charge is -2.11. The van der Waals surface area contributed by atoms with Gasteiger partial charge in [-0.25, -0.2) is 8.78 Å². The lowest BCUT2D eigenvalue weighted by Crippen LogP contribution is -2.08. The van der Waals surface area contributed by atoms with E-state index >= 15 is 0 Å². The highest BCUT2D eigenvalue weighted by atomic mass is 35.5. The number of rotatable bonds is 6. The third kappa shape index (κ3) is 4.59. The Morgan fingerprint density at radius 2 is 1.88 bits per heavy atom. The molecule has 0 radical (unpaired) electrons. The van der Waals surface area contributed by atoms with Crippen LogP contribution in [0.1, 0.15) is 18.1 Å². The van der Waals surface area contributed by atoms with Crippen molar-refractivity contribution in [1.29, 1.82) is 0 Å². The van der Waals surface area contributed by atoms with Gasteiger partial charge < -0.3 is 15.1 Å². The SMILES string of the molecule is CC(F)(F)c1cccc(CNc2nc3cc(Nc4ccnc5cc(Cl)ccc45)ccc3o2)c1. The van der Waals surface area contributed by atoms with Crippen LogP contribution in [0.4, 0.5) is 26.2 Å². The first-order valence-corrected chi connectivity index (χ1v) is 10.7. The Morgan fingerprint density at radius 1 is 1.00 bits per heavy atom. The summed E-state index contributed by atoms with van der Waals surface area (Å²) in [6, 6.07) is 19.7. The number of fused-ring (bicyclic) bond motifs is 2. The Balaban J connectivity index is 1.34. The number of alkyl halides is 2. The second kappa shape index (κ2) is 8.33. The first-order valence-electron chi connectivity index (χ1n) is 10.3. The van der Waals surface area contributed by atoms with Gasteiger partial charge in [0.2, 0.25) is 0 Å². The molecule has 0 bridgehead atoms. The molecule has 2 heterocycles. The topological polar surface area (TPSA) is 63.0 Å². The van der Waals surface area contributed by atoms with Gasteiger partial charge in [-0.3, -0.25) is 4.98 Å². The number of hydrogen-bond donors (Lipinski definition) is 2. The molecule has 0 saturated heterocycles. The van der Waals surface area contributed by atoms with E-state index in [9.17, 15) is 8.78 Å². The summed E-state index contributed by atoms with van der Waals surface area (Å²) in [6.07, 6.45) is 1.72. The molecule has 0 aliphatic carbocycles. The standard InChI is InChI=1S/C25H19ClF2N4O/c1-25(27,28)16-4-2-3-15(11-16)14-30-24-32-22-13-18(6-8-23(22)33-24)31-20-9-10-29-21-12-17(26)5-7-19(20)21/h2-13H,14H2,1H3,(H,29,31)(H,30,32). The maximum Gasteiger partial charge on any atom is 0.295 e. The summed E-state index contributed by atoms with van der Waals surface area (Å²) in [4.78, 5) is 8.84. The van der Waals surface area contributed by atoms with Crippen molar-refractivity contribution >= 4 is 51.0 Å². The molecule has 0 fully saturated rings. The molecule has 5 aromatic rings. The van der Waals surface area contributed by atoms with Crippen molar-refractivity contribution in [2.45, 2.75) is 19.4 Å². The largest absolute Gasteiger partial charge is 0.424 e. The minimum Gasteiger partial charge on any atom is -0.424 e. The van der Waals surface area contributed by atoms with Crippen LogP contribution < -0.4 is 10.6 Å². The molecule has 2 aromatic heterocycles.